The number of thiazole rings is 1. The number of carbonyl (C=O) groups is 2. The van der Waals surface area contributed by atoms with E-state index in [4.69, 9.17) is 14.2 Å². The van der Waals surface area contributed by atoms with Crippen molar-refractivity contribution in [1.82, 2.24) is 9.38 Å². The molecule has 2 aromatic heterocycles. The van der Waals surface area contributed by atoms with Crippen LogP contribution in [-0.2, 0) is 20.9 Å². The van der Waals surface area contributed by atoms with E-state index in [0.717, 1.165) is 0 Å². The highest BCUT2D eigenvalue weighted by Crippen LogP contribution is 2.36. The van der Waals surface area contributed by atoms with E-state index in [1.54, 1.807) is 34.7 Å². The third-order valence-corrected chi connectivity index (χ3v) is 5.77. The quantitative estimate of drug-likeness (QED) is 0.584. The Balaban J connectivity index is 1.25. The average Bonchev–Trinajstić information content (AvgIpc) is 3.38. The van der Waals surface area contributed by atoms with Gasteiger partial charge in [0.2, 0.25) is 5.91 Å². The minimum atomic E-state index is -0.586. The van der Waals surface area contributed by atoms with Gasteiger partial charge in [0.1, 0.15) is 19.8 Å². The number of hydrogen-bond donors (Lipinski definition) is 0. The minimum absolute atomic E-state index is 0.0628. The second-order valence-corrected chi connectivity index (χ2v) is 7.86. The molecule has 1 fully saturated rings. The van der Waals surface area contributed by atoms with Crippen molar-refractivity contribution in [3.05, 3.63) is 51.9 Å². The second-order valence-electron chi connectivity index (χ2n) is 6.98. The van der Waals surface area contributed by atoms with Gasteiger partial charge in [-0.25, -0.2) is 4.98 Å². The molecule has 5 rings (SSSR count). The van der Waals surface area contributed by atoms with Crippen LogP contribution in [0.4, 0.5) is 5.69 Å². The molecule has 1 saturated heterocycles. The lowest BCUT2D eigenvalue weighted by Crippen LogP contribution is -2.27. The van der Waals surface area contributed by atoms with Crippen LogP contribution in [0.5, 0.6) is 11.5 Å². The number of aromatic nitrogens is 2. The van der Waals surface area contributed by atoms with E-state index >= 15 is 0 Å². The highest BCUT2D eigenvalue weighted by Gasteiger charge is 2.36. The Kier molecular flexibility index (Phi) is 4.62. The Morgan fingerprint density at radius 2 is 2.03 bits per heavy atom. The molecule has 9 nitrogen and oxygen atoms in total. The summed E-state index contributed by atoms with van der Waals surface area (Å²) in [5, 5.41) is 1.76. The molecule has 0 aliphatic carbocycles. The molecular formula is C20H17N3O6S. The molecule has 0 bridgehead atoms. The number of anilines is 1. The number of ether oxygens (including phenoxy) is 3. The van der Waals surface area contributed by atoms with Crippen molar-refractivity contribution in [1.29, 1.82) is 0 Å². The van der Waals surface area contributed by atoms with Crippen LogP contribution >= 0.6 is 11.3 Å². The van der Waals surface area contributed by atoms with Gasteiger partial charge >= 0.3 is 5.97 Å². The first kappa shape index (κ1) is 18.6. The van der Waals surface area contributed by atoms with Crippen LogP contribution in [0.25, 0.3) is 4.96 Å². The van der Waals surface area contributed by atoms with Crippen molar-refractivity contribution < 1.29 is 23.8 Å². The molecule has 0 saturated carbocycles. The summed E-state index contributed by atoms with van der Waals surface area (Å²) in [7, 11) is 0. The summed E-state index contributed by atoms with van der Waals surface area (Å²) < 4.78 is 17.8. The third-order valence-electron chi connectivity index (χ3n) is 5.01. The van der Waals surface area contributed by atoms with Gasteiger partial charge in [-0.3, -0.25) is 18.8 Å². The summed E-state index contributed by atoms with van der Waals surface area (Å²) in [5.41, 5.74) is 0.800. The number of benzene rings is 1. The maximum atomic E-state index is 12.5. The van der Waals surface area contributed by atoms with Crippen LogP contribution in [0.15, 0.2) is 40.6 Å². The maximum absolute atomic E-state index is 12.5. The highest BCUT2D eigenvalue weighted by molar-refractivity contribution is 7.15. The van der Waals surface area contributed by atoms with E-state index in [2.05, 4.69) is 4.98 Å². The topological polar surface area (TPSA) is 99.4 Å². The number of esters is 1. The van der Waals surface area contributed by atoms with E-state index in [-0.39, 0.29) is 31.0 Å². The van der Waals surface area contributed by atoms with Crippen molar-refractivity contribution >= 4 is 33.9 Å². The molecule has 0 spiro atoms. The van der Waals surface area contributed by atoms with E-state index in [0.29, 0.717) is 41.1 Å². The first-order valence-electron chi connectivity index (χ1n) is 9.41. The van der Waals surface area contributed by atoms with Gasteiger partial charge in [0.15, 0.2) is 16.5 Å². The van der Waals surface area contributed by atoms with Crippen LogP contribution in [0.3, 0.4) is 0 Å². The van der Waals surface area contributed by atoms with Crippen molar-refractivity contribution in [3.63, 3.8) is 0 Å². The molecule has 2 aliphatic rings. The molecule has 1 amide bonds. The zero-order valence-electron chi connectivity index (χ0n) is 15.8. The first-order valence-corrected chi connectivity index (χ1v) is 10.3. The molecule has 0 N–H and O–H groups in total. The lowest BCUT2D eigenvalue weighted by molar-refractivity contribution is -0.149. The van der Waals surface area contributed by atoms with Crippen molar-refractivity contribution in [2.24, 2.45) is 5.92 Å². The maximum Gasteiger partial charge on any atom is 0.311 e. The molecule has 30 heavy (non-hydrogen) atoms. The fraction of sp³-hybridized carbons (Fsp3) is 0.300. The smallest absolute Gasteiger partial charge is 0.311 e. The fourth-order valence-corrected chi connectivity index (χ4v) is 4.28. The molecule has 3 aromatic rings. The van der Waals surface area contributed by atoms with E-state index in [1.165, 1.54) is 21.8 Å². The summed E-state index contributed by atoms with van der Waals surface area (Å²) in [4.78, 5) is 43.4. The van der Waals surface area contributed by atoms with Crippen molar-refractivity contribution in [2.75, 3.05) is 24.7 Å². The average molecular weight is 427 g/mol. The van der Waals surface area contributed by atoms with E-state index < -0.39 is 11.9 Å². The number of rotatable bonds is 4. The Morgan fingerprint density at radius 3 is 2.90 bits per heavy atom. The Bertz CT molecular complexity index is 1200. The lowest BCUT2D eigenvalue weighted by Gasteiger charge is -2.22. The molecule has 154 valence electrons. The van der Waals surface area contributed by atoms with Crippen LogP contribution in [-0.4, -0.2) is 41.0 Å². The fourth-order valence-electron chi connectivity index (χ4n) is 3.54. The Morgan fingerprint density at radius 1 is 1.20 bits per heavy atom. The van der Waals surface area contributed by atoms with Gasteiger partial charge in [-0.1, -0.05) is 0 Å². The molecule has 2 aliphatic heterocycles. The van der Waals surface area contributed by atoms with Crippen LogP contribution < -0.4 is 19.9 Å². The summed E-state index contributed by atoms with van der Waals surface area (Å²) in [6, 6.07) is 6.61. The molecular weight excluding hydrogens is 410 g/mol. The molecule has 10 heteroatoms. The van der Waals surface area contributed by atoms with Crippen LogP contribution in [0, 0.1) is 5.92 Å². The van der Waals surface area contributed by atoms with Gasteiger partial charge in [-0.05, 0) is 12.1 Å². The minimum Gasteiger partial charge on any atom is -0.486 e. The van der Waals surface area contributed by atoms with E-state index in [9.17, 15) is 14.4 Å². The third kappa shape index (κ3) is 3.39. The Hall–Kier alpha value is -3.40. The summed E-state index contributed by atoms with van der Waals surface area (Å²) >= 11 is 1.32. The molecule has 1 aromatic carbocycles. The van der Waals surface area contributed by atoms with Crippen LogP contribution in [0.1, 0.15) is 12.1 Å². The number of nitrogens with zero attached hydrogens (tertiary/aromatic N) is 3. The monoisotopic (exact) mass is 427 g/mol. The normalized spacial score (nSPS) is 18.1. The summed E-state index contributed by atoms with van der Waals surface area (Å²) in [6.45, 7) is 1.05. The second kappa shape index (κ2) is 7.45. The number of hydrogen-bond acceptors (Lipinski definition) is 8. The van der Waals surface area contributed by atoms with Crippen molar-refractivity contribution in [2.45, 2.75) is 13.0 Å². The summed E-state index contributed by atoms with van der Waals surface area (Å²) in [5.74, 6) is -0.0172. The van der Waals surface area contributed by atoms with Gasteiger partial charge in [-0.15, -0.1) is 11.3 Å². The van der Waals surface area contributed by atoms with Gasteiger partial charge < -0.3 is 19.1 Å². The number of fused-ring (bicyclic) bond motifs is 2. The van der Waals surface area contributed by atoms with Gasteiger partial charge in [0.25, 0.3) is 5.56 Å². The highest BCUT2D eigenvalue weighted by atomic mass is 32.1. The molecule has 0 radical (unpaired) electrons. The van der Waals surface area contributed by atoms with Gasteiger partial charge in [0, 0.05) is 42.4 Å². The SMILES string of the molecule is O=C(OCc1cc(=O)n2ccsc2n1)C1CC(=O)N(c2ccc3c(c2)OCCO3)C1. The van der Waals surface area contributed by atoms with Crippen LogP contribution in [0.2, 0.25) is 0 Å². The number of carbonyl (C=O) groups excluding carboxylic acids is 2. The standard InChI is InChI=1S/C20H17N3O6S/c24-17-7-12(10-23(17)14-1-2-15-16(9-14)28-5-4-27-15)19(26)29-11-13-8-18(25)22-3-6-30-20(22)21-13/h1-3,6,8-9,12H,4-5,7,10-11H2. The largest absolute Gasteiger partial charge is 0.486 e. The molecule has 1 unspecified atom stereocenters. The first-order chi connectivity index (χ1) is 14.6. The molecule has 4 heterocycles. The van der Waals surface area contributed by atoms with E-state index in [1.807, 2.05) is 0 Å². The Labute approximate surface area is 174 Å². The zero-order valence-corrected chi connectivity index (χ0v) is 16.6. The van der Waals surface area contributed by atoms with Gasteiger partial charge in [0.05, 0.1) is 11.6 Å². The number of amides is 1. The zero-order chi connectivity index (χ0) is 20.7. The summed E-state index contributed by atoms with van der Waals surface area (Å²) in [6.07, 6.45) is 1.70. The predicted octanol–water partition coefficient (Wildman–Crippen LogP) is 1.62. The molecule has 1 atom stereocenters. The predicted molar refractivity (Wildman–Crippen MR) is 107 cm³/mol. The van der Waals surface area contributed by atoms with Crippen molar-refractivity contribution in [3.8, 4) is 11.5 Å². The van der Waals surface area contributed by atoms with Gasteiger partial charge in [-0.2, -0.15) is 0 Å². The lowest BCUT2D eigenvalue weighted by atomic mass is 10.1.